The number of amides is 1. The van der Waals surface area contributed by atoms with E-state index in [2.05, 4.69) is 20.9 Å². The molecule has 18 heavy (non-hydrogen) atoms. The highest BCUT2D eigenvalue weighted by atomic mass is 79.9. The van der Waals surface area contributed by atoms with Gasteiger partial charge in [-0.3, -0.25) is 9.59 Å². The van der Waals surface area contributed by atoms with E-state index in [0.717, 1.165) is 9.86 Å². The lowest BCUT2D eigenvalue weighted by Gasteiger charge is -2.09. The van der Waals surface area contributed by atoms with E-state index in [1.54, 1.807) is 18.2 Å². The molecule has 2 N–H and O–H groups in total. The second kappa shape index (κ2) is 4.73. The van der Waals surface area contributed by atoms with Crippen molar-refractivity contribution in [2.24, 2.45) is 5.73 Å². The summed E-state index contributed by atoms with van der Waals surface area (Å²) in [5.41, 5.74) is 5.15. The molecular weight excluding hydrogens is 300 g/mol. The molecule has 0 saturated carbocycles. The van der Waals surface area contributed by atoms with E-state index < -0.39 is 11.9 Å². The number of nitrogens with two attached hydrogens (primary N) is 1. The van der Waals surface area contributed by atoms with Crippen molar-refractivity contribution in [1.29, 1.82) is 0 Å². The van der Waals surface area contributed by atoms with Gasteiger partial charge in [-0.1, -0.05) is 15.9 Å². The van der Waals surface area contributed by atoms with Crippen LogP contribution in [0.4, 0.5) is 0 Å². The zero-order valence-electron chi connectivity index (χ0n) is 9.44. The smallest absolute Gasteiger partial charge is 0.308 e. The predicted octanol–water partition coefficient (Wildman–Crippen LogP) is 2.02. The number of carbonyl (C=O) groups excluding carboxylic acids is 2. The van der Waals surface area contributed by atoms with Crippen LogP contribution in [-0.4, -0.2) is 16.9 Å². The van der Waals surface area contributed by atoms with Gasteiger partial charge >= 0.3 is 5.97 Å². The Morgan fingerprint density at radius 3 is 2.72 bits per heavy atom. The van der Waals surface area contributed by atoms with Gasteiger partial charge in [0.1, 0.15) is 0 Å². The topological polar surface area (TPSA) is 82.3 Å². The molecule has 0 atom stereocenters. The highest BCUT2D eigenvalue weighted by molar-refractivity contribution is 9.10. The largest absolute Gasteiger partial charge is 0.424 e. The van der Waals surface area contributed by atoms with Crippen molar-refractivity contribution < 1.29 is 14.3 Å². The van der Waals surface area contributed by atoms with E-state index in [-0.39, 0.29) is 11.4 Å². The Bertz CT molecular complexity index is 655. The van der Waals surface area contributed by atoms with Gasteiger partial charge < -0.3 is 10.5 Å². The number of aromatic nitrogens is 1. The number of ether oxygens (including phenoxy) is 1. The summed E-state index contributed by atoms with van der Waals surface area (Å²) in [4.78, 5) is 26.3. The number of primary amides is 1. The number of halogens is 1. The highest BCUT2D eigenvalue weighted by Crippen LogP contribution is 2.30. The molecule has 0 unspecified atom stereocenters. The Balaban J connectivity index is 2.76. The third-order valence-corrected chi connectivity index (χ3v) is 2.78. The van der Waals surface area contributed by atoms with E-state index in [1.807, 2.05) is 0 Å². The molecule has 0 spiro atoms. The summed E-state index contributed by atoms with van der Waals surface area (Å²) in [6, 6.07) is 5.31. The van der Waals surface area contributed by atoms with Gasteiger partial charge in [0.15, 0.2) is 11.4 Å². The van der Waals surface area contributed by atoms with Crippen LogP contribution >= 0.6 is 15.9 Å². The van der Waals surface area contributed by atoms with Gasteiger partial charge in [0.25, 0.3) is 5.91 Å². The molecule has 1 aromatic heterocycles. The molecule has 2 aromatic rings. The molecule has 1 aromatic carbocycles. The Hall–Kier alpha value is -1.95. The van der Waals surface area contributed by atoms with Crippen LogP contribution in [0, 0.1) is 0 Å². The summed E-state index contributed by atoms with van der Waals surface area (Å²) < 4.78 is 5.90. The number of carbonyl (C=O) groups is 2. The van der Waals surface area contributed by atoms with Crippen molar-refractivity contribution in [2.45, 2.75) is 6.92 Å². The van der Waals surface area contributed by atoms with Crippen LogP contribution in [-0.2, 0) is 4.79 Å². The minimum atomic E-state index is -0.740. The van der Waals surface area contributed by atoms with E-state index in [4.69, 9.17) is 10.5 Å². The SMILES string of the molecule is CC(=O)Oc1c(C(N)=O)ncc2cc(Br)ccc12. The predicted molar refractivity (Wildman–Crippen MR) is 69.3 cm³/mol. The Morgan fingerprint density at radius 1 is 1.39 bits per heavy atom. The first-order valence-electron chi connectivity index (χ1n) is 5.05. The zero-order valence-corrected chi connectivity index (χ0v) is 11.0. The molecule has 0 aliphatic carbocycles. The fraction of sp³-hybridized carbons (Fsp3) is 0.0833. The van der Waals surface area contributed by atoms with E-state index in [1.165, 1.54) is 13.1 Å². The first kappa shape index (κ1) is 12.5. The van der Waals surface area contributed by atoms with Crippen molar-refractivity contribution >= 4 is 38.6 Å². The van der Waals surface area contributed by atoms with Crippen molar-refractivity contribution in [1.82, 2.24) is 4.98 Å². The van der Waals surface area contributed by atoms with Gasteiger partial charge in [0.2, 0.25) is 0 Å². The maximum absolute atomic E-state index is 11.3. The van der Waals surface area contributed by atoms with Gasteiger partial charge in [0.05, 0.1) is 0 Å². The fourth-order valence-electron chi connectivity index (χ4n) is 1.59. The van der Waals surface area contributed by atoms with Crippen LogP contribution in [0.2, 0.25) is 0 Å². The molecule has 6 heteroatoms. The monoisotopic (exact) mass is 308 g/mol. The zero-order chi connectivity index (χ0) is 13.3. The normalized spacial score (nSPS) is 10.3. The Kier molecular flexibility index (Phi) is 3.29. The van der Waals surface area contributed by atoms with Crippen LogP contribution in [0.3, 0.4) is 0 Å². The fourth-order valence-corrected chi connectivity index (χ4v) is 1.97. The van der Waals surface area contributed by atoms with Crippen LogP contribution in [0.15, 0.2) is 28.9 Å². The van der Waals surface area contributed by atoms with Crippen LogP contribution in [0.25, 0.3) is 10.8 Å². The molecule has 5 nitrogen and oxygen atoms in total. The summed E-state index contributed by atoms with van der Waals surface area (Å²) in [5, 5.41) is 1.35. The molecule has 2 rings (SSSR count). The molecule has 0 aliphatic heterocycles. The van der Waals surface area contributed by atoms with Crippen molar-refractivity contribution in [2.75, 3.05) is 0 Å². The molecule has 0 radical (unpaired) electrons. The molecule has 0 bridgehead atoms. The molecule has 92 valence electrons. The van der Waals surface area contributed by atoms with Crippen LogP contribution in [0.5, 0.6) is 5.75 Å². The third-order valence-electron chi connectivity index (χ3n) is 2.29. The van der Waals surface area contributed by atoms with Crippen molar-refractivity contribution in [3.63, 3.8) is 0 Å². The van der Waals surface area contributed by atoms with E-state index >= 15 is 0 Å². The van der Waals surface area contributed by atoms with Gasteiger partial charge in [-0.05, 0) is 18.2 Å². The van der Waals surface area contributed by atoms with Gasteiger partial charge in [0, 0.05) is 28.4 Å². The number of rotatable bonds is 2. The van der Waals surface area contributed by atoms with Crippen LogP contribution < -0.4 is 10.5 Å². The lowest BCUT2D eigenvalue weighted by atomic mass is 10.1. The molecule has 0 saturated heterocycles. The van der Waals surface area contributed by atoms with E-state index in [9.17, 15) is 9.59 Å². The first-order chi connectivity index (χ1) is 8.49. The average molecular weight is 309 g/mol. The van der Waals surface area contributed by atoms with Crippen molar-refractivity contribution in [3.05, 3.63) is 34.6 Å². The maximum atomic E-state index is 11.3. The number of esters is 1. The number of fused-ring (bicyclic) bond motifs is 1. The lowest BCUT2D eigenvalue weighted by molar-refractivity contribution is -0.131. The lowest BCUT2D eigenvalue weighted by Crippen LogP contribution is -2.16. The molecule has 1 amide bonds. The molecule has 1 heterocycles. The minimum Gasteiger partial charge on any atom is -0.424 e. The third kappa shape index (κ3) is 2.33. The number of benzene rings is 1. The van der Waals surface area contributed by atoms with Gasteiger partial charge in [-0.15, -0.1) is 0 Å². The summed E-state index contributed by atoms with van der Waals surface area (Å²) in [6.07, 6.45) is 1.51. The number of pyridine rings is 1. The Morgan fingerprint density at radius 2 is 2.11 bits per heavy atom. The second-order valence-corrected chi connectivity index (χ2v) is 4.54. The molecule has 0 fully saturated rings. The highest BCUT2D eigenvalue weighted by Gasteiger charge is 2.16. The van der Waals surface area contributed by atoms with Crippen molar-refractivity contribution in [3.8, 4) is 5.75 Å². The van der Waals surface area contributed by atoms with Gasteiger partial charge in [-0.2, -0.15) is 0 Å². The maximum Gasteiger partial charge on any atom is 0.308 e. The number of nitrogens with zero attached hydrogens (tertiary/aromatic N) is 1. The van der Waals surface area contributed by atoms with Gasteiger partial charge in [-0.25, -0.2) is 4.98 Å². The summed E-state index contributed by atoms with van der Waals surface area (Å²) in [7, 11) is 0. The summed E-state index contributed by atoms with van der Waals surface area (Å²) in [5.74, 6) is -1.18. The van der Waals surface area contributed by atoms with Crippen LogP contribution in [0.1, 0.15) is 17.4 Å². The molecular formula is C12H9BrN2O3. The average Bonchev–Trinajstić information content (AvgIpc) is 2.27. The summed E-state index contributed by atoms with van der Waals surface area (Å²) in [6.45, 7) is 1.25. The van der Waals surface area contributed by atoms with E-state index in [0.29, 0.717) is 5.39 Å². The Labute approximate surface area is 111 Å². The quantitative estimate of drug-likeness (QED) is 0.860. The minimum absolute atomic E-state index is 0.0555. The first-order valence-corrected chi connectivity index (χ1v) is 5.85. The number of hydrogen-bond donors (Lipinski definition) is 1. The summed E-state index contributed by atoms with van der Waals surface area (Å²) >= 11 is 3.33. The molecule has 0 aliphatic rings. The second-order valence-electron chi connectivity index (χ2n) is 3.63. The standard InChI is InChI=1S/C12H9BrN2O3/c1-6(16)18-11-9-3-2-8(13)4-7(9)5-15-10(11)12(14)17/h2-5H,1H3,(H2,14,17). The number of hydrogen-bond acceptors (Lipinski definition) is 4.